The second kappa shape index (κ2) is 7.61. The molecule has 6 heteroatoms. The fourth-order valence-corrected chi connectivity index (χ4v) is 4.22. The van der Waals surface area contributed by atoms with Crippen LogP contribution in [-0.2, 0) is 4.79 Å². The summed E-state index contributed by atoms with van der Waals surface area (Å²) >= 11 is 7.02. The Balaban J connectivity index is 1.78. The molecule has 0 bridgehead atoms. The normalized spacial score (nSPS) is 22.1. The third-order valence-corrected chi connectivity index (χ3v) is 5.68. The van der Waals surface area contributed by atoms with Gasteiger partial charge in [0.1, 0.15) is 4.32 Å². The maximum atomic E-state index is 12.5. The second-order valence-electron chi connectivity index (χ2n) is 5.48. The molecule has 2 aliphatic rings. The lowest BCUT2D eigenvalue weighted by Gasteiger charge is -2.35. The summed E-state index contributed by atoms with van der Waals surface area (Å²) in [5.74, 6) is 0.243. The molecule has 1 unspecified atom stereocenters. The molecular weight excluding hydrogens is 290 g/mol. The third kappa shape index (κ3) is 4.09. The average molecular weight is 316 g/mol. The highest BCUT2D eigenvalue weighted by Crippen LogP contribution is 2.22. The van der Waals surface area contributed by atoms with Gasteiger partial charge in [-0.2, -0.15) is 0 Å². The van der Waals surface area contributed by atoms with Crippen molar-refractivity contribution in [2.45, 2.75) is 31.9 Å². The molecule has 0 aromatic heterocycles. The summed E-state index contributed by atoms with van der Waals surface area (Å²) in [4.78, 5) is 19.1. The lowest BCUT2D eigenvalue weighted by Crippen LogP contribution is -2.50. The van der Waals surface area contributed by atoms with Gasteiger partial charge in [-0.3, -0.25) is 4.79 Å². The van der Waals surface area contributed by atoms with Crippen molar-refractivity contribution in [2.24, 2.45) is 0 Å². The summed E-state index contributed by atoms with van der Waals surface area (Å²) in [5.41, 5.74) is 0. The molecule has 1 amide bonds. The van der Waals surface area contributed by atoms with Gasteiger partial charge in [0.05, 0.1) is 5.25 Å². The van der Waals surface area contributed by atoms with E-state index in [1.54, 1.807) is 11.8 Å². The van der Waals surface area contributed by atoms with Crippen molar-refractivity contribution in [3.8, 4) is 0 Å². The van der Waals surface area contributed by atoms with E-state index in [0.717, 1.165) is 50.1 Å². The average Bonchev–Trinajstić information content (AvgIpc) is 3.01. The molecule has 0 spiro atoms. The Morgan fingerprint density at radius 1 is 1.10 bits per heavy atom. The van der Waals surface area contributed by atoms with Crippen LogP contribution in [0.15, 0.2) is 0 Å². The van der Waals surface area contributed by atoms with Gasteiger partial charge in [0.25, 0.3) is 0 Å². The number of likely N-dealkylation sites (tertiary alicyclic amines) is 1. The minimum absolute atomic E-state index is 0.0590. The Hall–Kier alpha value is -0.330. The van der Waals surface area contributed by atoms with Crippen LogP contribution in [0, 0.1) is 0 Å². The number of carbonyl (C=O) groups is 1. The van der Waals surface area contributed by atoms with E-state index < -0.39 is 0 Å². The molecule has 2 rings (SSSR count). The van der Waals surface area contributed by atoms with Crippen LogP contribution in [0.1, 0.15) is 26.7 Å². The van der Waals surface area contributed by atoms with E-state index in [1.165, 1.54) is 12.8 Å². The molecule has 2 aliphatic heterocycles. The zero-order valence-electron chi connectivity index (χ0n) is 12.5. The van der Waals surface area contributed by atoms with E-state index in [2.05, 4.69) is 16.7 Å². The Bertz CT molecular complexity index is 350. The van der Waals surface area contributed by atoms with Gasteiger partial charge in [0, 0.05) is 39.3 Å². The highest BCUT2D eigenvalue weighted by molar-refractivity contribution is 8.23. The van der Waals surface area contributed by atoms with Crippen LogP contribution in [0.4, 0.5) is 0 Å². The first-order valence-corrected chi connectivity index (χ1v) is 8.87. The van der Waals surface area contributed by atoms with Crippen LogP contribution in [0.3, 0.4) is 0 Å². The van der Waals surface area contributed by atoms with Crippen LogP contribution in [0.5, 0.6) is 0 Å². The highest BCUT2D eigenvalue weighted by Gasteiger charge is 2.27. The summed E-state index contributed by atoms with van der Waals surface area (Å²) in [6, 6.07) is 0. The number of carbonyl (C=O) groups excluding carboxylic acids is 1. The Kier molecular flexibility index (Phi) is 6.11. The number of thiocarbonyl (C=S) groups is 1. The monoisotopic (exact) mass is 315 g/mol. The van der Waals surface area contributed by atoms with Crippen molar-refractivity contribution >= 4 is 34.2 Å². The van der Waals surface area contributed by atoms with Gasteiger partial charge >= 0.3 is 0 Å². The van der Waals surface area contributed by atoms with Gasteiger partial charge in [0.2, 0.25) is 5.91 Å². The zero-order chi connectivity index (χ0) is 14.5. The molecule has 4 nitrogen and oxygen atoms in total. The van der Waals surface area contributed by atoms with Gasteiger partial charge in [-0.1, -0.05) is 30.9 Å². The minimum Gasteiger partial charge on any atom is -0.358 e. The van der Waals surface area contributed by atoms with Crippen molar-refractivity contribution in [3.63, 3.8) is 0 Å². The smallest absolute Gasteiger partial charge is 0.235 e. The molecule has 0 radical (unpaired) electrons. The molecule has 20 heavy (non-hydrogen) atoms. The summed E-state index contributed by atoms with van der Waals surface area (Å²) in [7, 11) is 0. The zero-order valence-corrected chi connectivity index (χ0v) is 14.1. The summed E-state index contributed by atoms with van der Waals surface area (Å²) in [5, 5.41) is -0.0590. The molecule has 2 heterocycles. The third-order valence-electron chi connectivity index (χ3n) is 4.12. The highest BCUT2D eigenvalue weighted by atomic mass is 32.2. The Labute approximate surface area is 131 Å². The van der Waals surface area contributed by atoms with Crippen LogP contribution >= 0.6 is 24.0 Å². The molecule has 2 fully saturated rings. The molecule has 2 saturated heterocycles. The SMILES string of the molecule is CCN1CCN(C(=O)C(C)SC(=S)N2CCCC2)CC1. The van der Waals surface area contributed by atoms with Gasteiger partial charge in [-0.25, -0.2) is 0 Å². The predicted molar refractivity (Wildman–Crippen MR) is 89.2 cm³/mol. The number of hydrogen-bond donors (Lipinski definition) is 0. The van der Waals surface area contributed by atoms with E-state index in [9.17, 15) is 4.79 Å². The van der Waals surface area contributed by atoms with E-state index in [-0.39, 0.29) is 11.2 Å². The van der Waals surface area contributed by atoms with Gasteiger partial charge in [-0.15, -0.1) is 0 Å². The van der Waals surface area contributed by atoms with Crippen LogP contribution < -0.4 is 0 Å². The quantitative estimate of drug-likeness (QED) is 0.738. The van der Waals surface area contributed by atoms with Gasteiger partial charge in [-0.05, 0) is 26.3 Å². The first-order valence-electron chi connectivity index (χ1n) is 7.58. The number of likely N-dealkylation sites (N-methyl/N-ethyl adjacent to an activating group) is 1. The van der Waals surface area contributed by atoms with Crippen LogP contribution in [-0.4, -0.2) is 76.0 Å². The maximum absolute atomic E-state index is 12.5. The summed E-state index contributed by atoms with van der Waals surface area (Å²) in [6.45, 7) is 11.1. The minimum atomic E-state index is -0.0590. The van der Waals surface area contributed by atoms with Crippen molar-refractivity contribution in [1.29, 1.82) is 0 Å². The lowest BCUT2D eigenvalue weighted by molar-refractivity contribution is -0.132. The van der Waals surface area contributed by atoms with E-state index in [0.29, 0.717) is 0 Å². The molecular formula is C14H25N3OS2. The summed E-state index contributed by atoms with van der Waals surface area (Å²) in [6.07, 6.45) is 2.45. The van der Waals surface area contributed by atoms with E-state index >= 15 is 0 Å². The molecule has 114 valence electrons. The molecule has 0 aromatic rings. The first-order chi connectivity index (χ1) is 9.61. The molecule has 0 saturated carbocycles. The fraction of sp³-hybridized carbons (Fsp3) is 0.857. The standard InChI is InChI=1S/C14H25N3OS2/c1-3-15-8-10-16(11-9-15)13(18)12(2)20-14(19)17-6-4-5-7-17/h12H,3-11H2,1-2H3. The van der Waals surface area contributed by atoms with Crippen molar-refractivity contribution in [2.75, 3.05) is 45.8 Å². The molecule has 0 N–H and O–H groups in total. The van der Waals surface area contributed by atoms with Crippen molar-refractivity contribution in [3.05, 3.63) is 0 Å². The Morgan fingerprint density at radius 2 is 1.70 bits per heavy atom. The number of amides is 1. The number of thioether (sulfide) groups is 1. The van der Waals surface area contributed by atoms with Gasteiger partial charge < -0.3 is 14.7 Å². The Morgan fingerprint density at radius 3 is 2.25 bits per heavy atom. The number of piperazine rings is 1. The van der Waals surface area contributed by atoms with Crippen LogP contribution in [0.2, 0.25) is 0 Å². The molecule has 0 aromatic carbocycles. The first kappa shape index (κ1) is 16.0. The number of nitrogens with zero attached hydrogens (tertiary/aromatic N) is 3. The molecule has 1 atom stereocenters. The van der Waals surface area contributed by atoms with E-state index in [4.69, 9.17) is 12.2 Å². The topological polar surface area (TPSA) is 26.8 Å². The van der Waals surface area contributed by atoms with Crippen molar-refractivity contribution in [1.82, 2.24) is 14.7 Å². The van der Waals surface area contributed by atoms with Gasteiger partial charge in [0.15, 0.2) is 0 Å². The van der Waals surface area contributed by atoms with Crippen LogP contribution in [0.25, 0.3) is 0 Å². The van der Waals surface area contributed by atoms with E-state index in [1.807, 2.05) is 11.8 Å². The largest absolute Gasteiger partial charge is 0.358 e. The number of hydrogen-bond acceptors (Lipinski definition) is 4. The second-order valence-corrected chi connectivity index (χ2v) is 7.45. The predicted octanol–water partition coefficient (Wildman–Crippen LogP) is 1.65. The number of rotatable bonds is 3. The fourth-order valence-electron chi connectivity index (χ4n) is 2.72. The molecule has 0 aliphatic carbocycles. The lowest BCUT2D eigenvalue weighted by atomic mass is 10.3. The maximum Gasteiger partial charge on any atom is 0.235 e. The van der Waals surface area contributed by atoms with Crippen molar-refractivity contribution < 1.29 is 4.79 Å². The summed E-state index contributed by atoms with van der Waals surface area (Å²) < 4.78 is 0.899.